The van der Waals surface area contributed by atoms with Crippen LogP contribution in [0, 0.1) is 11.6 Å². The largest absolute Gasteiger partial charge is 0.486 e. The Kier molecular flexibility index (Phi) is 5.36. The first-order valence-corrected chi connectivity index (χ1v) is 7.72. The van der Waals surface area contributed by atoms with Crippen LogP contribution in [0.3, 0.4) is 0 Å². The molecule has 0 aliphatic heterocycles. The van der Waals surface area contributed by atoms with Gasteiger partial charge in [-0.3, -0.25) is 5.43 Å². The number of hydrazone groups is 1. The number of ether oxygens (including phenoxy) is 1. The summed E-state index contributed by atoms with van der Waals surface area (Å²) in [5, 5.41) is 4.20. The van der Waals surface area contributed by atoms with Crippen molar-refractivity contribution in [3.63, 3.8) is 0 Å². The van der Waals surface area contributed by atoms with Crippen LogP contribution in [0.4, 0.5) is 14.5 Å². The van der Waals surface area contributed by atoms with Crippen LogP contribution >= 0.6 is 0 Å². The fourth-order valence-corrected chi connectivity index (χ4v) is 2.23. The zero-order valence-corrected chi connectivity index (χ0v) is 13.3. The van der Waals surface area contributed by atoms with Crippen LogP contribution in [0.15, 0.2) is 77.9 Å². The highest BCUT2D eigenvalue weighted by Gasteiger charge is 2.06. The summed E-state index contributed by atoms with van der Waals surface area (Å²) in [6.45, 7) is 0.149. The van der Waals surface area contributed by atoms with E-state index in [4.69, 9.17) is 4.74 Å². The summed E-state index contributed by atoms with van der Waals surface area (Å²) in [5.74, 6) is -1.35. The maximum absolute atomic E-state index is 13.6. The highest BCUT2D eigenvalue weighted by atomic mass is 19.1. The molecule has 0 heterocycles. The summed E-state index contributed by atoms with van der Waals surface area (Å²) in [4.78, 5) is 0. The number of nitrogens with zero attached hydrogens (tertiary/aromatic N) is 1. The molecule has 0 amide bonds. The average Bonchev–Trinajstić information content (AvgIpc) is 2.63. The number of halogens is 2. The number of hydrogen-bond acceptors (Lipinski definition) is 3. The Labute approximate surface area is 144 Å². The van der Waals surface area contributed by atoms with Crippen LogP contribution in [0.5, 0.6) is 5.75 Å². The van der Waals surface area contributed by atoms with Crippen LogP contribution in [0.2, 0.25) is 0 Å². The standard InChI is InChI=1S/C20H16F2N2O/c21-17-10-11-20(19(22)12-17)25-14-16-7-5-4-6-15(16)13-23-24-18-8-2-1-3-9-18/h1-13,24H,14H2. The van der Waals surface area contributed by atoms with Crippen molar-refractivity contribution in [2.45, 2.75) is 6.61 Å². The first-order chi connectivity index (χ1) is 12.2. The lowest BCUT2D eigenvalue weighted by atomic mass is 10.1. The average molecular weight is 338 g/mol. The van der Waals surface area contributed by atoms with Gasteiger partial charge in [-0.1, -0.05) is 42.5 Å². The molecular weight excluding hydrogens is 322 g/mol. The maximum atomic E-state index is 13.6. The zero-order valence-electron chi connectivity index (χ0n) is 13.3. The second kappa shape index (κ2) is 8.06. The maximum Gasteiger partial charge on any atom is 0.167 e. The van der Waals surface area contributed by atoms with Gasteiger partial charge in [-0.25, -0.2) is 8.78 Å². The second-order valence-corrected chi connectivity index (χ2v) is 5.30. The van der Waals surface area contributed by atoms with E-state index in [2.05, 4.69) is 10.5 Å². The molecular formula is C20H16F2N2O. The van der Waals surface area contributed by atoms with Crippen molar-refractivity contribution in [2.24, 2.45) is 5.10 Å². The molecule has 0 aliphatic rings. The monoisotopic (exact) mass is 338 g/mol. The molecule has 3 aromatic carbocycles. The molecule has 5 heteroatoms. The molecule has 0 aliphatic carbocycles. The minimum atomic E-state index is -0.725. The normalized spacial score (nSPS) is 10.8. The van der Waals surface area contributed by atoms with E-state index in [0.29, 0.717) is 0 Å². The molecule has 126 valence electrons. The summed E-state index contributed by atoms with van der Waals surface area (Å²) in [6.07, 6.45) is 1.67. The van der Waals surface area contributed by atoms with Gasteiger partial charge in [0.15, 0.2) is 11.6 Å². The van der Waals surface area contributed by atoms with E-state index >= 15 is 0 Å². The third kappa shape index (κ3) is 4.64. The molecule has 0 atom stereocenters. The van der Waals surface area contributed by atoms with Crippen LogP contribution in [0.25, 0.3) is 0 Å². The summed E-state index contributed by atoms with van der Waals surface area (Å²) in [7, 11) is 0. The highest BCUT2D eigenvalue weighted by Crippen LogP contribution is 2.19. The molecule has 0 fully saturated rings. The third-order valence-electron chi connectivity index (χ3n) is 3.50. The van der Waals surface area contributed by atoms with Gasteiger partial charge >= 0.3 is 0 Å². The minimum Gasteiger partial charge on any atom is -0.486 e. The molecule has 0 saturated heterocycles. The first-order valence-electron chi connectivity index (χ1n) is 7.72. The highest BCUT2D eigenvalue weighted by molar-refractivity contribution is 5.82. The van der Waals surface area contributed by atoms with Gasteiger partial charge < -0.3 is 4.74 Å². The van der Waals surface area contributed by atoms with E-state index in [9.17, 15) is 8.78 Å². The molecule has 3 rings (SSSR count). The minimum absolute atomic E-state index is 0.00977. The Hall–Kier alpha value is -3.21. The molecule has 0 bridgehead atoms. The van der Waals surface area contributed by atoms with Crippen LogP contribution in [-0.2, 0) is 6.61 Å². The Morgan fingerprint density at radius 1 is 0.920 bits per heavy atom. The topological polar surface area (TPSA) is 33.6 Å². The Morgan fingerprint density at radius 3 is 2.48 bits per heavy atom. The fraction of sp³-hybridized carbons (Fsp3) is 0.0500. The summed E-state index contributed by atoms with van der Waals surface area (Å²) >= 11 is 0. The summed E-state index contributed by atoms with van der Waals surface area (Å²) in [6, 6.07) is 20.3. The second-order valence-electron chi connectivity index (χ2n) is 5.30. The van der Waals surface area contributed by atoms with Crippen molar-refractivity contribution in [3.8, 4) is 5.75 Å². The van der Waals surface area contributed by atoms with Crippen molar-refractivity contribution < 1.29 is 13.5 Å². The van der Waals surface area contributed by atoms with Crippen LogP contribution < -0.4 is 10.2 Å². The molecule has 0 radical (unpaired) electrons. The van der Waals surface area contributed by atoms with Crippen molar-refractivity contribution >= 4 is 11.9 Å². The van der Waals surface area contributed by atoms with Gasteiger partial charge in [-0.05, 0) is 29.8 Å². The summed E-state index contributed by atoms with van der Waals surface area (Å²) in [5.41, 5.74) is 5.49. The Balaban J connectivity index is 1.68. The molecule has 0 aromatic heterocycles. The smallest absolute Gasteiger partial charge is 0.167 e. The molecule has 3 aromatic rings. The number of para-hydroxylation sites is 1. The number of hydrogen-bond donors (Lipinski definition) is 1. The van der Waals surface area contributed by atoms with Crippen molar-refractivity contribution in [2.75, 3.05) is 5.43 Å². The fourth-order valence-electron chi connectivity index (χ4n) is 2.23. The van der Waals surface area contributed by atoms with Crippen molar-refractivity contribution in [1.82, 2.24) is 0 Å². The third-order valence-corrected chi connectivity index (χ3v) is 3.50. The van der Waals surface area contributed by atoms with Gasteiger partial charge in [0.2, 0.25) is 0 Å². The predicted octanol–water partition coefficient (Wildman–Crippen LogP) is 4.99. The lowest BCUT2D eigenvalue weighted by Gasteiger charge is -2.09. The zero-order chi connectivity index (χ0) is 17.5. The molecule has 0 unspecified atom stereocenters. The lowest BCUT2D eigenvalue weighted by Crippen LogP contribution is -2.02. The van der Waals surface area contributed by atoms with E-state index in [1.54, 1.807) is 6.21 Å². The SMILES string of the molecule is Fc1ccc(OCc2ccccc2C=NNc2ccccc2)c(F)c1. The van der Waals surface area contributed by atoms with E-state index in [1.165, 1.54) is 6.07 Å². The molecule has 25 heavy (non-hydrogen) atoms. The van der Waals surface area contributed by atoms with Gasteiger partial charge in [-0.2, -0.15) is 5.10 Å². The van der Waals surface area contributed by atoms with E-state index < -0.39 is 11.6 Å². The van der Waals surface area contributed by atoms with Gasteiger partial charge in [0, 0.05) is 11.6 Å². The van der Waals surface area contributed by atoms with E-state index in [1.807, 2.05) is 54.6 Å². The number of rotatable bonds is 6. The number of anilines is 1. The number of nitrogens with one attached hydrogen (secondary N) is 1. The molecule has 0 saturated carbocycles. The van der Waals surface area contributed by atoms with Gasteiger partial charge in [0.25, 0.3) is 0 Å². The lowest BCUT2D eigenvalue weighted by molar-refractivity contribution is 0.289. The molecule has 0 spiro atoms. The first kappa shape index (κ1) is 16.6. The van der Waals surface area contributed by atoms with Crippen LogP contribution in [0.1, 0.15) is 11.1 Å². The quantitative estimate of drug-likeness (QED) is 0.507. The Morgan fingerprint density at radius 2 is 1.68 bits per heavy atom. The molecule has 3 nitrogen and oxygen atoms in total. The van der Waals surface area contributed by atoms with Crippen molar-refractivity contribution in [3.05, 3.63) is 95.6 Å². The summed E-state index contributed by atoms with van der Waals surface area (Å²) < 4.78 is 32.0. The van der Waals surface area contributed by atoms with Crippen LogP contribution in [-0.4, -0.2) is 6.21 Å². The predicted molar refractivity (Wildman–Crippen MR) is 94.8 cm³/mol. The van der Waals surface area contributed by atoms with Gasteiger partial charge in [0.05, 0.1) is 11.9 Å². The number of benzene rings is 3. The Bertz CT molecular complexity index is 867. The van der Waals surface area contributed by atoms with E-state index in [0.717, 1.165) is 28.9 Å². The van der Waals surface area contributed by atoms with Gasteiger partial charge in [0.1, 0.15) is 12.4 Å². The van der Waals surface area contributed by atoms with Gasteiger partial charge in [-0.15, -0.1) is 0 Å². The van der Waals surface area contributed by atoms with E-state index in [-0.39, 0.29) is 12.4 Å². The molecule has 1 N–H and O–H groups in total. The van der Waals surface area contributed by atoms with Crippen molar-refractivity contribution in [1.29, 1.82) is 0 Å².